The maximum absolute atomic E-state index is 12.2. The van der Waals surface area contributed by atoms with Gasteiger partial charge in [-0.1, -0.05) is 6.92 Å². The lowest BCUT2D eigenvalue weighted by molar-refractivity contribution is 0.0970. The number of Topliss-reactive ketones (excluding diaryl/α,β-unsaturated/α-hetero) is 1. The molecule has 0 aliphatic heterocycles. The van der Waals surface area contributed by atoms with Crippen molar-refractivity contribution in [2.24, 2.45) is 7.05 Å². The number of nitrogens with zero attached hydrogens (tertiary/aromatic N) is 3. The van der Waals surface area contributed by atoms with Crippen LogP contribution in [-0.4, -0.2) is 20.1 Å². The van der Waals surface area contributed by atoms with Crippen molar-refractivity contribution in [3.8, 4) is 0 Å². The predicted molar refractivity (Wildman–Crippen MR) is 79.7 cm³/mol. The Hall–Kier alpha value is -2.17. The summed E-state index contributed by atoms with van der Waals surface area (Å²) in [5.74, 6) is 0.143. The summed E-state index contributed by atoms with van der Waals surface area (Å²) in [4.78, 5) is 24.2. The molecule has 5 nitrogen and oxygen atoms in total. The minimum atomic E-state index is -0.0531. The molecule has 0 fully saturated rings. The standard InChI is InChI=1S/C16H19N3O2/c1-3-11-9-12(18(2)17-11)10-19-14-5-4-6-15(20)13(14)7-8-16(19)21/h7-9H,3-6,10H2,1-2H3. The molecule has 0 radical (unpaired) electrons. The van der Waals surface area contributed by atoms with Crippen LogP contribution in [0.15, 0.2) is 23.0 Å². The zero-order chi connectivity index (χ0) is 15.0. The first-order chi connectivity index (χ1) is 10.1. The lowest BCUT2D eigenvalue weighted by atomic mass is 9.94. The minimum Gasteiger partial charge on any atom is -0.306 e. The fourth-order valence-corrected chi connectivity index (χ4v) is 2.92. The van der Waals surface area contributed by atoms with Crippen molar-refractivity contribution < 1.29 is 4.79 Å². The van der Waals surface area contributed by atoms with E-state index in [0.717, 1.165) is 36.3 Å². The molecule has 0 bridgehead atoms. The van der Waals surface area contributed by atoms with Crippen LogP contribution in [0.25, 0.3) is 0 Å². The normalized spacial score (nSPS) is 14.3. The number of hydrogen-bond donors (Lipinski definition) is 0. The molecule has 110 valence electrons. The predicted octanol–water partition coefficient (Wildman–Crippen LogP) is 1.71. The van der Waals surface area contributed by atoms with E-state index in [1.54, 1.807) is 10.6 Å². The van der Waals surface area contributed by atoms with Crippen molar-refractivity contribution in [3.63, 3.8) is 0 Å². The van der Waals surface area contributed by atoms with Gasteiger partial charge in [-0.25, -0.2) is 0 Å². The molecule has 5 heteroatoms. The Balaban J connectivity index is 2.06. The summed E-state index contributed by atoms with van der Waals surface area (Å²) < 4.78 is 3.54. The molecule has 0 amide bonds. The molecule has 0 spiro atoms. The molecule has 2 aromatic heterocycles. The van der Waals surface area contributed by atoms with Crippen molar-refractivity contribution in [2.45, 2.75) is 39.2 Å². The van der Waals surface area contributed by atoms with Crippen molar-refractivity contribution in [2.75, 3.05) is 0 Å². The van der Waals surface area contributed by atoms with Crippen LogP contribution < -0.4 is 5.56 Å². The third-order valence-electron chi connectivity index (χ3n) is 4.12. The van der Waals surface area contributed by atoms with Gasteiger partial charge in [-0.3, -0.25) is 14.3 Å². The van der Waals surface area contributed by atoms with Crippen molar-refractivity contribution in [1.82, 2.24) is 14.3 Å². The Bertz CT molecular complexity index is 755. The first-order valence-corrected chi connectivity index (χ1v) is 7.38. The van der Waals surface area contributed by atoms with Crippen LogP contribution in [0.1, 0.15) is 47.2 Å². The SMILES string of the molecule is CCc1cc(Cn2c3c(ccc2=O)C(=O)CCC3)n(C)n1. The van der Waals surface area contributed by atoms with Gasteiger partial charge in [0, 0.05) is 30.8 Å². The number of aromatic nitrogens is 3. The van der Waals surface area contributed by atoms with Crippen LogP contribution >= 0.6 is 0 Å². The maximum Gasteiger partial charge on any atom is 0.251 e. The molecule has 3 rings (SSSR count). The quantitative estimate of drug-likeness (QED) is 0.862. The highest BCUT2D eigenvalue weighted by atomic mass is 16.1. The summed E-state index contributed by atoms with van der Waals surface area (Å²) in [5, 5.41) is 4.42. The number of ketones is 1. The zero-order valence-electron chi connectivity index (χ0n) is 12.4. The first-order valence-electron chi connectivity index (χ1n) is 7.38. The van der Waals surface area contributed by atoms with E-state index >= 15 is 0 Å². The molecule has 2 heterocycles. The molecule has 1 aliphatic carbocycles. The van der Waals surface area contributed by atoms with Gasteiger partial charge >= 0.3 is 0 Å². The second-order valence-corrected chi connectivity index (χ2v) is 5.50. The number of hydrogen-bond acceptors (Lipinski definition) is 3. The van der Waals surface area contributed by atoms with Crippen LogP contribution in [0.4, 0.5) is 0 Å². The fraction of sp³-hybridized carbons (Fsp3) is 0.438. The van der Waals surface area contributed by atoms with Crippen LogP contribution in [0.2, 0.25) is 0 Å². The monoisotopic (exact) mass is 285 g/mol. The summed E-state index contributed by atoms with van der Waals surface area (Å²) >= 11 is 0. The van der Waals surface area contributed by atoms with Crippen molar-refractivity contribution in [1.29, 1.82) is 0 Å². The van der Waals surface area contributed by atoms with E-state index in [4.69, 9.17) is 0 Å². The molecule has 21 heavy (non-hydrogen) atoms. The summed E-state index contributed by atoms with van der Waals surface area (Å²) in [5.41, 5.74) is 3.53. The second kappa shape index (κ2) is 5.31. The van der Waals surface area contributed by atoms with E-state index in [0.29, 0.717) is 18.5 Å². The largest absolute Gasteiger partial charge is 0.306 e. The van der Waals surface area contributed by atoms with E-state index < -0.39 is 0 Å². The Morgan fingerprint density at radius 2 is 2.05 bits per heavy atom. The molecule has 0 saturated carbocycles. The zero-order valence-corrected chi connectivity index (χ0v) is 12.4. The van der Waals surface area contributed by atoms with Gasteiger partial charge in [-0.05, 0) is 31.4 Å². The smallest absolute Gasteiger partial charge is 0.251 e. The Kier molecular flexibility index (Phi) is 3.49. The Labute approximate surface area is 123 Å². The number of aryl methyl sites for hydroxylation is 2. The molecule has 0 atom stereocenters. The lowest BCUT2D eigenvalue weighted by Crippen LogP contribution is -2.28. The van der Waals surface area contributed by atoms with Crippen LogP contribution in [-0.2, 0) is 26.4 Å². The Morgan fingerprint density at radius 1 is 1.24 bits per heavy atom. The van der Waals surface area contributed by atoms with E-state index in [9.17, 15) is 9.59 Å². The molecule has 0 saturated heterocycles. The average Bonchev–Trinajstić information content (AvgIpc) is 2.83. The first kappa shape index (κ1) is 13.8. The Morgan fingerprint density at radius 3 is 2.76 bits per heavy atom. The van der Waals surface area contributed by atoms with Gasteiger partial charge in [0.2, 0.25) is 0 Å². The molecule has 0 unspecified atom stereocenters. The number of carbonyl (C=O) groups excluding carboxylic acids is 1. The summed E-state index contributed by atoms with van der Waals surface area (Å²) in [6.07, 6.45) is 3.06. The third kappa shape index (κ3) is 2.44. The van der Waals surface area contributed by atoms with Crippen LogP contribution in [0.3, 0.4) is 0 Å². The number of rotatable bonds is 3. The minimum absolute atomic E-state index is 0.0531. The summed E-state index contributed by atoms with van der Waals surface area (Å²) in [6, 6.07) is 5.20. The van der Waals surface area contributed by atoms with E-state index in [2.05, 4.69) is 12.0 Å². The molecule has 1 aliphatic rings. The van der Waals surface area contributed by atoms with Gasteiger partial charge in [0.1, 0.15) is 0 Å². The van der Waals surface area contributed by atoms with E-state index in [1.807, 2.05) is 17.8 Å². The highest BCUT2D eigenvalue weighted by Crippen LogP contribution is 2.20. The fourth-order valence-electron chi connectivity index (χ4n) is 2.92. The lowest BCUT2D eigenvalue weighted by Gasteiger charge is -2.19. The van der Waals surface area contributed by atoms with Gasteiger partial charge in [0.25, 0.3) is 5.56 Å². The van der Waals surface area contributed by atoms with Gasteiger partial charge < -0.3 is 4.57 Å². The molecule has 0 aromatic carbocycles. The van der Waals surface area contributed by atoms with E-state index in [-0.39, 0.29) is 11.3 Å². The molecule has 0 N–H and O–H groups in total. The third-order valence-corrected chi connectivity index (χ3v) is 4.12. The van der Waals surface area contributed by atoms with E-state index in [1.165, 1.54) is 6.07 Å². The maximum atomic E-state index is 12.2. The molecular formula is C16H19N3O2. The molecule has 2 aromatic rings. The highest BCUT2D eigenvalue weighted by Gasteiger charge is 2.21. The number of pyridine rings is 1. The summed E-state index contributed by atoms with van der Waals surface area (Å²) in [6.45, 7) is 2.53. The number of carbonyl (C=O) groups is 1. The summed E-state index contributed by atoms with van der Waals surface area (Å²) in [7, 11) is 1.89. The number of fused-ring (bicyclic) bond motifs is 1. The van der Waals surface area contributed by atoms with Gasteiger partial charge in [-0.2, -0.15) is 5.10 Å². The van der Waals surface area contributed by atoms with Crippen LogP contribution in [0.5, 0.6) is 0 Å². The highest BCUT2D eigenvalue weighted by molar-refractivity contribution is 5.97. The van der Waals surface area contributed by atoms with Gasteiger partial charge in [0.15, 0.2) is 5.78 Å². The van der Waals surface area contributed by atoms with Crippen LogP contribution in [0, 0.1) is 0 Å². The topological polar surface area (TPSA) is 56.9 Å². The van der Waals surface area contributed by atoms with Crippen molar-refractivity contribution in [3.05, 3.63) is 51.2 Å². The average molecular weight is 285 g/mol. The van der Waals surface area contributed by atoms with Gasteiger partial charge in [-0.15, -0.1) is 0 Å². The second-order valence-electron chi connectivity index (χ2n) is 5.50. The van der Waals surface area contributed by atoms with Gasteiger partial charge in [0.05, 0.1) is 17.9 Å². The molecular weight excluding hydrogens is 266 g/mol. The van der Waals surface area contributed by atoms with Crippen molar-refractivity contribution >= 4 is 5.78 Å².